The minimum atomic E-state index is -0.365. The highest BCUT2D eigenvalue weighted by atomic mass is 35.5. The fourth-order valence-electron chi connectivity index (χ4n) is 1.43. The first-order valence-corrected chi connectivity index (χ1v) is 6.34. The standard InChI is InChI=1S/C13H17ClN2O3/c1-8(2)10-6-9(7-11(14)16-10)13(18)15-5-4-12(17)19-3/h6-8H,4-5H2,1-3H3,(H,15,18). The maximum absolute atomic E-state index is 11.9. The third-order valence-corrected chi connectivity index (χ3v) is 2.70. The van der Waals surface area contributed by atoms with Gasteiger partial charge in [-0.2, -0.15) is 0 Å². The predicted octanol–water partition coefficient (Wildman–Crippen LogP) is 2.15. The van der Waals surface area contributed by atoms with E-state index < -0.39 is 0 Å². The Kier molecular flexibility index (Phi) is 5.76. The van der Waals surface area contributed by atoms with Gasteiger partial charge in [-0.15, -0.1) is 0 Å². The van der Waals surface area contributed by atoms with Gasteiger partial charge in [-0.3, -0.25) is 9.59 Å². The van der Waals surface area contributed by atoms with Crippen molar-refractivity contribution in [2.45, 2.75) is 26.2 Å². The Labute approximate surface area is 117 Å². The minimum absolute atomic E-state index is 0.137. The third kappa shape index (κ3) is 4.87. The first kappa shape index (κ1) is 15.4. The van der Waals surface area contributed by atoms with E-state index in [-0.39, 0.29) is 35.9 Å². The zero-order valence-corrected chi connectivity index (χ0v) is 12.0. The molecule has 0 fully saturated rings. The Morgan fingerprint density at radius 2 is 2.11 bits per heavy atom. The molecular formula is C13H17ClN2O3. The molecule has 19 heavy (non-hydrogen) atoms. The van der Waals surface area contributed by atoms with E-state index in [1.807, 2.05) is 13.8 Å². The average Bonchev–Trinajstić information content (AvgIpc) is 2.37. The highest BCUT2D eigenvalue weighted by Crippen LogP contribution is 2.17. The molecule has 0 spiro atoms. The van der Waals surface area contributed by atoms with E-state index in [0.29, 0.717) is 5.56 Å². The lowest BCUT2D eigenvalue weighted by molar-refractivity contribution is -0.140. The van der Waals surface area contributed by atoms with Crippen LogP contribution in [0.25, 0.3) is 0 Å². The first-order chi connectivity index (χ1) is 8.93. The van der Waals surface area contributed by atoms with E-state index in [1.54, 1.807) is 6.07 Å². The van der Waals surface area contributed by atoms with Gasteiger partial charge >= 0.3 is 5.97 Å². The van der Waals surface area contributed by atoms with E-state index in [0.717, 1.165) is 5.69 Å². The molecule has 1 aromatic rings. The molecule has 5 nitrogen and oxygen atoms in total. The molecule has 1 amide bonds. The van der Waals surface area contributed by atoms with Crippen LogP contribution in [0.1, 0.15) is 42.2 Å². The zero-order valence-electron chi connectivity index (χ0n) is 11.2. The van der Waals surface area contributed by atoms with Crippen LogP contribution in [0.5, 0.6) is 0 Å². The van der Waals surface area contributed by atoms with Gasteiger partial charge in [0.1, 0.15) is 5.15 Å². The van der Waals surface area contributed by atoms with Gasteiger partial charge in [-0.05, 0) is 18.1 Å². The number of hydrogen-bond acceptors (Lipinski definition) is 4. The molecule has 0 unspecified atom stereocenters. The molecular weight excluding hydrogens is 268 g/mol. The highest BCUT2D eigenvalue weighted by molar-refractivity contribution is 6.29. The summed E-state index contributed by atoms with van der Waals surface area (Å²) < 4.78 is 4.49. The number of nitrogens with one attached hydrogen (secondary N) is 1. The molecule has 1 rings (SSSR count). The number of pyridine rings is 1. The SMILES string of the molecule is COC(=O)CCNC(=O)c1cc(Cl)nc(C(C)C)c1. The quantitative estimate of drug-likeness (QED) is 0.664. The Morgan fingerprint density at radius 1 is 1.42 bits per heavy atom. The Balaban J connectivity index is 2.69. The van der Waals surface area contributed by atoms with Gasteiger partial charge in [-0.25, -0.2) is 4.98 Å². The average molecular weight is 285 g/mol. The smallest absolute Gasteiger partial charge is 0.307 e. The monoisotopic (exact) mass is 284 g/mol. The summed E-state index contributed by atoms with van der Waals surface area (Å²) in [6.07, 6.45) is 0.137. The van der Waals surface area contributed by atoms with Crippen LogP contribution >= 0.6 is 11.6 Å². The highest BCUT2D eigenvalue weighted by Gasteiger charge is 2.11. The summed E-state index contributed by atoms with van der Waals surface area (Å²) in [6.45, 7) is 4.16. The fourth-order valence-corrected chi connectivity index (χ4v) is 1.64. The fraction of sp³-hybridized carbons (Fsp3) is 0.462. The van der Waals surface area contributed by atoms with Crippen molar-refractivity contribution in [3.63, 3.8) is 0 Å². The lowest BCUT2D eigenvalue weighted by Gasteiger charge is -2.09. The van der Waals surface area contributed by atoms with Crippen LogP contribution in [0.15, 0.2) is 12.1 Å². The molecule has 1 aromatic heterocycles. The molecule has 0 bridgehead atoms. The number of rotatable bonds is 5. The summed E-state index contributed by atoms with van der Waals surface area (Å²) in [5.41, 5.74) is 1.19. The van der Waals surface area contributed by atoms with Crippen molar-refractivity contribution in [3.05, 3.63) is 28.5 Å². The first-order valence-electron chi connectivity index (χ1n) is 5.96. The van der Waals surface area contributed by atoms with Gasteiger partial charge in [0.15, 0.2) is 0 Å². The number of carbonyl (C=O) groups is 2. The maximum atomic E-state index is 11.9. The second-order valence-corrected chi connectivity index (χ2v) is 4.73. The van der Waals surface area contributed by atoms with Crippen LogP contribution in [0.2, 0.25) is 5.15 Å². The number of ether oxygens (including phenoxy) is 1. The van der Waals surface area contributed by atoms with Gasteiger partial charge in [0, 0.05) is 17.8 Å². The Morgan fingerprint density at radius 3 is 2.68 bits per heavy atom. The topological polar surface area (TPSA) is 68.3 Å². The zero-order chi connectivity index (χ0) is 14.4. The van der Waals surface area contributed by atoms with Gasteiger partial charge in [0.2, 0.25) is 0 Å². The van der Waals surface area contributed by atoms with Crippen molar-refractivity contribution in [3.8, 4) is 0 Å². The molecule has 0 aliphatic heterocycles. The summed E-state index contributed by atoms with van der Waals surface area (Å²) in [5, 5.41) is 2.91. The molecule has 0 radical (unpaired) electrons. The number of hydrogen-bond donors (Lipinski definition) is 1. The molecule has 1 N–H and O–H groups in total. The van der Waals surface area contributed by atoms with Crippen molar-refractivity contribution in [1.29, 1.82) is 0 Å². The molecule has 6 heteroatoms. The molecule has 0 atom stereocenters. The number of halogens is 1. The largest absolute Gasteiger partial charge is 0.469 e. The predicted molar refractivity (Wildman–Crippen MR) is 72.3 cm³/mol. The van der Waals surface area contributed by atoms with Gasteiger partial charge in [-0.1, -0.05) is 25.4 Å². The summed E-state index contributed by atoms with van der Waals surface area (Å²) in [7, 11) is 1.31. The molecule has 1 heterocycles. The lowest BCUT2D eigenvalue weighted by atomic mass is 10.1. The van der Waals surface area contributed by atoms with E-state index in [9.17, 15) is 9.59 Å². The van der Waals surface area contributed by atoms with Crippen LogP contribution < -0.4 is 5.32 Å². The molecule has 104 valence electrons. The second kappa shape index (κ2) is 7.09. The number of esters is 1. The van der Waals surface area contributed by atoms with Gasteiger partial charge in [0.25, 0.3) is 5.91 Å². The normalized spacial score (nSPS) is 10.4. The van der Waals surface area contributed by atoms with Crippen LogP contribution in [-0.2, 0) is 9.53 Å². The van der Waals surface area contributed by atoms with Crippen molar-refractivity contribution >= 4 is 23.5 Å². The number of aromatic nitrogens is 1. The third-order valence-electron chi connectivity index (χ3n) is 2.51. The number of methoxy groups -OCH3 is 1. The lowest BCUT2D eigenvalue weighted by Crippen LogP contribution is -2.26. The van der Waals surface area contributed by atoms with Crippen LogP contribution in [0.3, 0.4) is 0 Å². The molecule has 0 aromatic carbocycles. The van der Waals surface area contributed by atoms with E-state index in [4.69, 9.17) is 11.6 Å². The number of amides is 1. The summed E-state index contributed by atoms with van der Waals surface area (Å²) in [6, 6.07) is 3.20. The summed E-state index contributed by atoms with van der Waals surface area (Å²) in [5.74, 6) is -0.466. The Bertz CT molecular complexity index is 475. The van der Waals surface area contributed by atoms with Crippen molar-refractivity contribution in [2.24, 2.45) is 0 Å². The van der Waals surface area contributed by atoms with Crippen molar-refractivity contribution < 1.29 is 14.3 Å². The summed E-state index contributed by atoms with van der Waals surface area (Å²) >= 11 is 5.88. The van der Waals surface area contributed by atoms with E-state index in [2.05, 4.69) is 15.0 Å². The van der Waals surface area contributed by atoms with Gasteiger partial charge < -0.3 is 10.1 Å². The van der Waals surface area contributed by atoms with Gasteiger partial charge in [0.05, 0.1) is 13.5 Å². The van der Waals surface area contributed by atoms with Crippen LogP contribution in [-0.4, -0.2) is 30.5 Å². The Hall–Kier alpha value is -1.62. The van der Waals surface area contributed by atoms with E-state index in [1.165, 1.54) is 13.2 Å². The minimum Gasteiger partial charge on any atom is -0.469 e. The molecule has 0 aliphatic rings. The van der Waals surface area contributed by atoms with Crippen LogP contribution in [0.4, 0.5) is 0 Å². The summed E-state index contributed by atoms with van der Waals surface area (Å²) in [4.78, 5) is 27.0. The van der Waals surface area contributed by atoms with Crippen molar-refractivity contribution in [2.75, 3.05) is 13.7 Å². The maximum Gasteiger partial charge on any atom is 0.307 e. The number of carbonyl (C=O) groups excluding carboxylic acids is 2. The van der Waals surface area contributed by atoms with Crippen molar-refractivity contribution in [1.82, 2.24) is 10.3 Å². The molecule has 0 aliphatic carbocycles. The van der Waals surface area contributed by atoms with Crippen LogP contribution in [0, 0.1) is 0 Å². The molecule has 0 saturated carbocycles. The second-order valence-electron chi connectivity index (χ2n) is 4.34. The molecule has 0 saturated heterocycles. The number of nitrogens with zero attached hydrogens (tertiary/aromatic N) is 1. The van der Waals surface area contributed by atoms with E-state index >= 15 is 0 Å².